The van der Waals surface area contributed by atoms with Crippen molar-refractivity contribution in [2.24, 2.45) is 0 Å². The van der Waals surface area contributed by atoms with Crippen LogP contribution in [0.15, 0.2) is 28.7 Å². The van der Waals surface area contributed by atoms with Crippen LogP contribution >= 0.6 is 27.3 Å². The van der Waals surface area contributed by atoms with E-state index in [-0.39, 0.29) is 24.0 Å². The van der Waals surface area contributed by atoms with Gasteiger partial charge in [0.05, 0.1) is 17.0 Å². The van der Waals surface area contributed by atoms with Crippen LogP contribution in [0, 0.1) is 6.92 Å². The quantitative estimate of drug-likeness (QED) is 0.717. The van der Waals surface area contributed by atoms with Crippen LogP contribution in [-0.2, 0) is 4.74 Å². The Morgan fingerprint density at radius 1 is 1.16 bits per heavy atom. The predicted molar refractivity (Wildman–Crippen MR) is 100 cm³/mol. The van der Waals surface area contributed by atoms with Gasteiger partial charge >= 0.3 is 5.97 Å². The molecule has 1 aromatic heterocycles. The topological polar surface area (TPSA) is 84.5 Å². The van der Waals surface area contributed by atoms with Crippen molar-refractivity contribution in [3.8, 4) is 0 Å². The second-order valence-electron chi connectivity index (χ2n) is 5.02. The SMILES string of the molecule is CCOC(=O)c1c(NC(=O)c2ccc(Br)cc2)sc(C(=O)NC)c1C. The molecule has 1 heterocycles. The first-order chi connectivity index (χ1) is 11.9. The van der Waals surface area contributed by atoms with Crippen molar-refractivity contribution in [2.45, 2.75) is 13.8 Å². The highest BCUT2D eigenvalue weighted by Gasteiger charge is 2.26. The van der Waals surface area contributed by atoms with Crippen LogP contribution in [0.2, 0.25) is 0 Å². The summed E-state index contributed by atoms with van der Waals surface area (Å²) < 4.78 is 5.91. The molecule has 2 rings (SSSR count). The molecule has 0 fully saturated rings. The van der Waals surface area contributed by atoms with Gasteiger partial charge in [0, 0.05) is 17.1 Å². The number of carbonyl (C=O) groups is 3. The number of amides is 2. The first-order valence-electron chi connectivity index (χ1n) is 7.48. The second kappa shape index (κ2) is 8.26. The Morgan fingerprint density at radius 2 is 1.80 bits per heavy atom. The highest BCUT2D eigenvalue weighted by Crippen LogP contribution is 2.34. The third-order valence-corrected chi connectivity index (χ3v) is 5.13. The number of thiophene rings is 1. The van der Waals surface area contributed by atoms with E-state index >= 15 is 0 Å². The van der Waals surface area contributed by atoms with Crippen molar-refractivity contribution in [1.82, 2.24) is 5.32 Å². The van der Waals surface area contributed by atoms with Crippen LogP contribution in [0.5, 0.6) is 0 Å². The maximum atomic E-state index is 12.4. The fourth-order valence-electron chi connectivity index (χ4n) is 2.16. The van der Waals surface area contributed by atoms with Gasteiger partial charge in [-0.1, -0.05) is 15.9 Å². The molecular formula is C17H17BrN2O4S. The van der Waals surface area contributed by atoms with E-state index in [0.29, 0.717) is 21.0 Å². The summed E-state index contributed by atoms with van der Waals surface area (Å²) in [5.41, 5.74) is 1.12. The second-order valence-corrected chi connectivity index (χ2v) is 6.96. The summed E-state index contributed by atoms with van der Waals surface area (Å²) in [4.78, 5) is 37.1. The standard InChI is InChI=1S/C17H17BrN2O4S/c1-4-24-17(23)12-9(2)13(15(22)19-3)25-16(12)20-14(21)10-5-7-11(18)8-6-10/h5-8H,4H2,1-3H3,(H,19,22)(H,20,21). The maximum absolute atomic E-state index is 12.4. The third-order valence-electron chi connectivity index (χ3n) is 3.39. The fourth-order valence-corrected chi connectivity index (χ4v) is 3.56. The van der Waals surface area contributed by atoms with Gasteiger partial charge in [-0.25, -0.2) is 4.79 Å². The molecule has 0 saturated heterocycles. The lowest BCUT2D eigenvalue weighted by atomic mass is 10.1. The Kier molecular flexibility index (Phi) is 6.33. The van der Waals surface area contributed by atoms with Gasteiger partial charge < -0.3 is 15.4 Å². The maximum Gasteiger partial charge on any atom is 0.341 e. The minimum atomic E-state index is -0.572. The zero-order chi connectivity index (χ0) is 18.6. The number of hydrogen-bond acceptors (Lipinski definition) is 5. The van der Waals surface area contributed by atoms with E-state index < -0.39 is 5.97 Å². The summed E-state index contributed by atoms with van der Waals surface area (Å²) in [6.07, 6.45) is 0. The van der Waals surface area contributed by atoms with Gasteiger partial charge in [0.1, 0.15) is 5.00 Å². The van der Waals surface area contributed by atoms with Crippen molar-refractivity contribution in [3.63, 3.8) is 0 Å². The Morgan fingerprint density at radius 3 is 2.36 bits per heavy atom. The number of nitrogens with one attached hydrogen (secondary N) is 2. The molecule has 132 valence electrons. The number of carbonyl (C=O) groups excluding carboxylic acids is 3. The lowest BCUT2D eigenvalue weighted by Gasteiger charge is -2.07. The van der Waals surface area contributed by atoms with Crippen molar-refractivity contribution in [1.29, 1.82) is 0 Å². The predicted octanol–water partition coefficient (Wildman–Crippen LogP) is 3.61. The number of rotatable bonds is 5. The molecule has 0 atom stereocenters. The number of esters is 1. The van der Waals surface area contributed by atoms with Gasteiger partial charge in [-0.15, -0.1) is 11.3 Å². The molecule has 0 aliphatic heterocycles. The average molecular weight is 425 g/mol. The Hall–Kier alpha value is -2.19. The van der Waals surface area contributed by atoms with Crippen LogP contribution in [0.25, 0.3) is 0 Å². The third kappa shape index (κ3) is 4.26. The van der Waals surface area contributed by atoms with Crippen LogP contribution in [-0.4, -0.2) is 31.4 Å². The summed E-state index contributed by atoms with van der Waals surface area (Å²) in [5.74, 6) is -1.27. The zero-order valence-electron chi connectivity index (χ0n) is 13.9. The minimum absolute atomic E-state index is 0.198. The molecule has 0 saturated carbocycles. The van der Waals surface area contributed by atoms with Gasteiger partial charge in [-0.2, -0.15) is 0 Å². The van der Waals surface area contributed by atoms with Crippen LogP contribution in [0.3, 0.4) is 0 Å². The summed E-state index contributed by atoms with van der Waals surface area (Å²) >= 11 is 4.36. The smallest absolute Gasteiger partial charge is 0.341 e. The summed E-state index contributed by atoms with van der Waals surface area (Å²) in [6.45, 7) is 3.55. The zero-order valence-corrected chi connectivity index (χ0v) is 16.3. The van der Waals surface area contributed by atoms with Crippen LogP contribution in [0.1, 0.15) is 42.9 Å². The number of ether oxygens (including phenoxy) is 1. The molecule has 0 spiro atoms. The Balaban J connectivity index is 2.41. The number of anilines is 1. The molecule has 0 aliphatic rings. The highest BCUT2D eigenvalue weighted by molar-refractivity contribution is 9.10. The van der Waals surface area contributed by atoms with Crippen molar-refractivity contribution in [3.05, 3.63) is 50.3 Å². The molecule has 8 heteroatoms. The van der Waals surface area contributed by atoms with Crippen molar-refractivity contribution >= 4 is 50.1 Å². The van der Waals surface area contributed by atoms with E-state index in [1.807, 2.05) is 0 Å². The molecule has 2 N–H and O–H groups in total. The van der Waals surface area contributed by atoms with Gasteiger partial charge in [0.25, 0.3) is 11.8 Å². The molecule has 0 radical (unpaired) electrons. The molecule has 25 heavy (non-hydrogen) atoms. The van der Waals surface area contributed by atoms with E-state index in [1.165, 1.54) is 7.05 Å². The normalized spacial score (nSPS) is 10.2. The largest absolute Gasteiger partial charge is 0.462 e. The van der Waals surface area contributed by atoms with Crippen LogP contribution < -0.4 is 10.6 Å². The first-order valence-corrected chi connectivity index (χ1v) is 9.09. The first kappa shape index (κ1) is 19.1. The molecule has 0 bridgehead atoms. The average Bonchev–Trinajstić information content (AvgIpc) is 2.91. The molecule has 6 nitrogen and oxygen atoms in total. The molecule has 1 aromatic carbocycles. The van der Waals surface area contributed by atoms with E-state index in [2.05, 4.69) is 26.6 Å². The minimum Gasteiger partial charge on any atom is -0.462 e. The van der Waals surface area contributed by atoms with Gasteiger partial charge in [-0.05, 0) is 43.7 Å². The van der Waals surface area contributed by atoms with Crippen molar-refractivity contribution in [2.75, 3.05) is 19.0 Å². The van der Waals surface area contributed by atoms with E-state index in [4.69, 9.17) is 4.74 Å². The summed E-state index contributed by atoms with van der Waals surface area (Å²) in [5, 5.41) is 5.53. The summed E-state index contributed by atoms with van der Waals surface area (Å²) in [7, 11) is 1.51. The molecule has 2 aromatic rings. The highest BCUT2D eigenvalue weighted by atomic mass is 79.9. The van der Waals surface area contributed by atoms with E-state index in [0.717, 1.165) is 15.8 Å². The van der Waals surface area contributed by atoms with E-state index in [9.17, 15) is 14.4 Å². The molecule has 0 unspecified atom stereocenters. The van der Waals surface area contributed by atoms with E-state index in [1.54, 1.807) is 38.1 Å². The summed E-state index contributed by atoms with van der Waals surface area (Å²) in [6, 6.07) is 6.81. The molecular weight excluding hydrogens is 408 g/mol. The Bertz CT molecular complexity index is 815. The fraction of sp³-hybridized carbons (Fsp3) is 0.235. The monoisotopic (exact) mass is 424 g/mol. The number of benzene rings is 1. The lowest BCUT2D eigenvalue weighted by Crippen LogP contribution is -2.18. The van der Waals surface area contributed by atoms with Gasteiger partial charge in [0.2, 0.25) is 0 Å². The number of hydrogen-bond donors (Lipinski definition) is 2. The molecule has 0 aliphatic carbocycles. The lowest BCUT2D eigenvalue weighted by molar-refractivity contribution is 0.0527. The van der Waals surface area contributed by atoms with Gasteiger partial charge in [0.15, 0.2) is 0 Å². The number of halogens is 1. The molecule has 2 amide bonds. The van der Waals surface area contributed by atoms with Crippen molar-refractivity contribution < 1.29 is 19.1 Å². The Labute approximate surface area is 157 Å². The van der Waals surface area contributed by atoms with Gasteiger partial charge in [-0.3, -0.25) is 9.59 Å². The van der Waals surface area contributed by atoms with Crippen LogP contribution in [0.4, 0.5) is 5.00 Å².